The zero-order valence-corrected chi connectivity index (χ0v) is 23.1. The first-order valence-corrected chi connectivity index (χ1v) is 14.1. The molecule has 1 fully saturated rings. The second kappa shape index (κ2) is 11.5. The molecule has 1 aliphatic heterocycles. The van der Waals surface area contributed by atoms with Gasteiger partial charge >= 0.3 is 5.97 Å². The topological polar surface area (TPSA) is 76.6 Å². The quantitative estimate of drug-likeness (QED) is 0.253. The monoisotopic (exact) mass is 544 g/mol. The summed E-state index contributed by atoms with van der Waals surface area (Å²) in [4.78, 5) is 44.8. The van der Waals surface area contributed by atoms with E-state index in [9.17, 15) is 14.4 Å². The maximum absolute atomic E-state index is 13.3. The number of esters is 1. The Labute approximate surface area is 240 Å². The van der Waals surface area contributed by atoms with Gasteiger partial charge in [0.05, 0.1) is 12.7 Å². The molecule has 0 bridgehead atoms. The second-order valence-corrected chi connectivity index (χ2v) is 10.8. The molecule has 3 aromatic carbocycles. The van der Waals surface area contributed by atoms with Gasteiger partial charge in [-0.25, -0.2) is 4.79 Å². The fourth-order valence-corrected chi connectivity index (χ4v) is 6.06. The van der Waals surface area contributed by atoms with Gasteiger partial charge in [-0.05, 0) is 82.8 Å². The lowest BCUT2D eigenvalue weighted by Gasteiger charge is -2.32. The van der Waals surface area contributed by atoms with E-state index < -0.39 is 0 Å². The third-order valence-electron chi connectivity index (χ3n) is 8.35. The van der Waals surface area contributed by atoms with Gasteiger partial charge in [0.15, 0.2) is 0 Å². The molecule has 0 radical (unpaired) electrons. The number of aromatic nitrogens is 1. The van der Waals surface area contributed by atoms with Gasteiger partial charge in [-0.1, -0.05) is 60.7 Å². The predicted octanol–water partition coefficient (Wildman–Crippen LogP) is 6.04. The molecule has 2 aliphatic rings. The Morgan fingerprint density at radius 2 is 1.76 bits per heavy atom. The van der Waals surface area contributed by atoms with Crippen LogP contribution in [0.15, 0.2) is 91.1 Å². The van der Waals surface area contributed by atoms with Gasteiger partial charge in [0.1, 0.15) is 11.5 Å². The SMILES string of the molecule is COC(=O)c1cccc(-c2ccc(CCC(=O)C3CC3c3ccccc3)c3c2CCN(C(=O)c2ccccn2)C3)c1. The molecular weight excluding hydrogens is 512 g/mol. The number of fused-ring (bicyclic) bond motifs is 1. The molecule has 6 nitrogen and oxygen atoms in total. The van der Waals surface area contributed by atoms with E-state index in [1.54, 1.807) is 24.4 Å². The van der Waals surface area contributed by atoms with Crippen LogP contribution in [0.4, 0.5) is 0 Å². The fourth-order valence-electron chi connectivity index (χ4n) is 6.06. The van der Waals surface area contributed by atoms with Crippen LogP contribution in [0.5, 0.6) is 0 Å². The van der Waals surface area contributed by atoms with Gasteiger partial charge in [-0.15, -0.1) is 0 Å². The number of Topliss-reactive ketones (excluding diaryl/α,β-unsaturated/α-hetero) is 1. The van der Waals surface area contributed by atoms with E-state index in [2.05, 4.69) is 29.2 Å². The number of carbonyl (C=O) groups excluding carboxylic acids is 3. The average Bonchev–Trinajstić information content (AvgIpc) is 3.85. The molecular formula is C35H32N2O4. The number of hydrogen-bond donors (Lipinski definition) is 0. The number of ether oxygens (including phenoxy) is 1. The summed E-state index contributed by atoms with van der Waals surface area (Å²) in [6, 6.07) is 27.3. The molecule has 1 aliphatic carbocycles. The lowest BCUT2D eigenvalue weighted by atomic mass is 9.85. The number of nitrogens with zero attached hydrogens (tertiary/aromatic N) is 2. The minimum absolute atomic E-state index is 0.0933. The predicted molar refractivity (Wildman–Crippen MR) is 157 cm³/mol. The lowest BCUT2D eigenvalue weighted by molar-refractivity contribution is -0.120. The molecule has 0 saturated heterocycles. The molecule has 2 unspecified atom stereocenters. The number of ketones is 1. The fraction of sp³-hybridized carbons (Fsp3) is 0.257. The minimum atomic E-state index is -0.378. The second-order valence-electron chi connectivity index (χ2n) is 10.8. The Balaban J connectivity index is 1.28. The van der Waals surface area contributed by atoms with E-state index in [1.807, 2.05) is 47.4 Å². The molecule has 0 N–H and O–H groups in total. The molecule has 2 heterocycles. The highest BCUT2D eigenvalue weighted by atomic mass is 16.5. The van der Waals surface area contributed by atoms with Crippen molar-refractivity contribution in [1.29, 1.82) is 0 Å². The van der Waals surface area contributed by atoms with Crippen molar-refractivity contribution < 1.29 is 19.1 Å². The van der Waals surface area contributed by atoms with E-state index in [1.165, 1.54) is 12.7 Å². The molecule has 6 rings (SSSR count). The van der Waals surface area contributed by atoms with Gasteiger partial charge in [-0.3, -0.25) is 14.6 Å². The number of benzene rings is 3. The molecule has 1 aromatic heterocycles. The average molecular weight is 545 g/mol. The van der Waals surface area contributed by atoms with E-state index in [4.69, 9.17) is 4.74 Å². The summed E-state index contributed by atoms with van der Waals surface area (Å²) in [5.41, 5.74) is 7.48. The van der Waals surface area contributed by atoms with E-state index in [0.717, 1.165) is 34.2 Å². The Morgan fingerprint density at radius 1 is 0.927 bits per heavy atom. The summed E-state index contributed by atoms with van der Waals surface area (Å²) in [7, 11) is 1.38. The summed E-state index contributed by atoms with van der Waals surface area (Å²) in [5, 5.41) is 0. The highest BCUT2D eigenvalue weighted by Crippen LogP contribution is 2.48. The normalized spacial score (nSPS) is 17.4. The van der Waals surface area contributed by atoms with Crippen LogP contribution in [0.2, 0.25) is 0 Å². The number of hydrogen-bond acceptors (Lipinski definition) is 5. The van der Waals surface area contributed by atoms with Crippen LogP contribution in [0.25, 0.3) is 11.1 Å². The smallest absolute Gasteiger partial charge is 0.337 e. The van der Waals surface area contributed by atoms with E-state index in [-0.39, 0.29) is 17.8 Å². The number of rotatable bonds is 8. The first-order chi connectivity index (χ1) is 20.0. The summed E-state index contributed by atoms with van der Waals surface area (Å²) in [6.45, 7) is 1.02. The molecule has 41 heavy (non-hydrogen) atoms. The molecule has 6 heteroatoms. The van der Waals surface area contributed by atoms with E-state index >= 15 is 0 Å². The van der Waals surface area contributed by atoms with Crippen LogP contribution in [0, 0.1) is 5.92 Å². The Bertz CT molecular complexity index is 1600. The largest absolute Gasteiger partial charge is 0.465 e. The van der Waals surface area contributed by atoms with Crippen molar-refractivity contribution in [1.82, 2.24) is 9.88 Å². The van der Waals surface area contributed by atoms with Gasteiger partial charge in [0.2, 0.25) is 0 Å². The van der Waals surface area contributed by atoms with Crippen LogP contribution < -0.4 is 0 Å². The number of aryl methyl sites for hydroxylation is 1. The van der Waals surface area contributed by atoms with Crippen LogP contribution in [0.1, 0.15) is 61.9 Å². The first-order valence-electron chi connectivity index (χ1n) is 14.1. The van der Waals surface area contributed by atoms with Crippen LogP contribution in [-0.4, -0.2) is 41.2 Å². The summed E-state index contributed by atoms with van der Waals surface area (Å²) in [5.74, 6) is 0.251. The molecule has 4 aromatic rings. The highest BCUT2D eigenvalue weighted by molar-refractivity contribution is 5.93. The zero-order chi connectivity index (χ0) is 28.3. The van der Waals surface area contributed by atoms with Gasteiger partial charge < -0.3 is 9.64 Å². The Morgan fingerprint density at radius 3 is 2.54 bits per heavy atom. The summed E-state index contributed by atoms with van der Waals surface area (Å²) in [6.07, 6.45) is 4.34. The van der Waals surface area contributed by atoms with Crippen molar-refractivity contribution in [2.24, 2.45) is 5.92 Å². The molecule has 1 saturated carbocycles. The van der Waals surface area contributed by atoms with Gasteiger partial charge in [-0.2, -0.15) is 0 Å². The number of pyridine rings is 1. The highest BCUT2D eigenvalue weighted by Gasteiger charge is 2.43. The van der Waals surface area contributed by atoms with Crippen molar-refractivity contribution in [2.75, 3.05) is 13.7 Å². The first kappa shape index (κ1) is 26.6. The zero-order valence-electron chi connectivity index (χ0n) is 23.1. The van der Waals surface area contributed by atoms with Crippen molar-refractivity contribution >= 4 is 17.7 Å². The van der Waals surface area contributed by atoms with Crippen LogP contribution in [-0.2, 0) is 28.9 Å². The Hall–Kier alpha value is -4.58. The van der Waals surface area contributed by atoms with Gasteiger partial charge in [0.25, 0.3) is 5.91 Å². The van der Waals surface area contributed by atoms with Crippen molar-refractivity contribution in [2.45, 2.75) is 38.1 Å². The number of amides is 1. The molecule has 2 atom stereocenters. The van der Waals surface area contributed by atoms with E-state index in [0.29, 0.717) is 55.3 Å². The summed E-state index contributed by atoms with van der Waals surface area (Å²) >= 11 is 0. The standard InChI is InChI=1S/C35H32N2O4/c1-41-35(40)26-11-7-10-25(20-26)27-15-13-24(14-16-33(38)30-21-29(30)23-8-3-2-4-9-23)31-22-37(19-17-28(27)31)34(39)32-12-5-6-18-36-32/h2-13,15,18,20,29-30H,14,16-17,19,21-22H2,1H3. The Kier molecular flexibility index (Phi) is 7.47. The maximum atomic E-state index is 13.3. The molecule has 1 amide bonds. The molecule has 0 spiro atoms. The van der Waals surface area contributed by atoms with Crippen LogP contribution >= 0.6 is 0 Å². The summed E-state index contributed by atoms with van der Waals surface area (Å²) < 4.78 is 4.93. The third-order valence-corrected chi connectivity index (χ3v) is 8.35. The lowest BCUT2D eigenvalue weighted by Crippen LogP contribution is -2.37. The minimum Gasteiger partial charge on any atom is -0.465 e. The molecule has 206 valence electrons. The number of methoxy groups -OCH3 is 1. The van der Waals surface area contributed by atoms with Crippen molar-refractivity contribution in [3.05, 3.63) is 125 Å². The van der Waals surface area contributed by atoms with Gasteiger partial charge in [0, 0.05) is 31.6 Å². The maximum Gasteiger partial charge on any atom is 0.337 e. The van der Waals surface area contributed by atoms with Crippen molar-refractivity contribution in [3.63, 3.8) is 0 Å². The number of carbonyl (C=O) groups is 3. The van der Waals surface area contributed by atoms with Crippen molar-refractivity contribution in [3.8, 4) is 11.1 Å². The third kappa shape index (κ3) is 5.55. The van der Waals surface area contributed by atoms with Crippen LogP contribution in [0.3, 0.4) is 0 Å².